The molecule has 0 saturated carbocycles. The van der Waals surface area contributed by atoms with E-state index in [9.17, 15) is 9.18 Å². The van der Waals surface area contributed by atoms with Crippen molar-refractivity contribution in [1.82, 2.24) is 0 Å². The Morgan fingerprint density at radius 2 is 2.14 bits per heavy atom. The molecule has 1 rings (SSSR count). The normalized spacial score (nSPS) is 10.9. The van der Waals surface area contributed by atoms with E-state index >= 15 is 0 Å². The number of benzene rings is 1. The first-order chi connectivity index (χ1) is 6.47. The second kappa shape index (κ2) is 3.91. The lowest BCUT2D eigenvalue weighted by Crippen LogP contribution is -2.13. The molecular weight excluding hydrogens is 205 g/mol. The molecule has 0 unspecified atom stereocenters. The van der Waals surface area contributed by atoms with Gasteiger partial charge in [-0.25, -0.2) is 9.18 Å². The van der Waals surface area contributed by atoms with Crippen LogP contribution in [-0.4, -0.2) is 6.08 Å². The Hall–Kier alpha value is -1.18. The van der Waals surface area contributed by atoms with E-state index in [1.54, 1.807) is 19.9 Å². The fraction of sp³-hybridized carbons (Fsp3) is 0.300. The summed E-state index contributed by atoms with van der Waals surface area (Å²) in [7, 11) is 0. The molecule has 0 amide bonds. The number of carbonyl (C=O) groups excluding carboxylic acids is 1. The molecular formula is C10H9ClFNO. The van der Waals surface area contributed by atoms with E-state index in [2.05, 4.69) is 4.99 Å². The first-order valence-corrected chi connectivity index (χ1v) is 4.40. The average Bonchev–Trinajstić information content (AvgIpc) is 2.09. The Kier molecular flexibility index (Phi) is 3.04. The van der Waals surface area contributed by atoms with E-state index in [1.807, 2.05) is 0 Å². The molecule has 0 atom stereocenters. The summed E-state index contributed by atoms with van der Waals surface area (Å²) in [5.41, 5.74) is -0.0497. The van der Waals surface area contributed by atoms with Crippen LogP contribution in [0.5, 0.6) is 0 Å². The van der Waals surface area contributed by atoms with Crippen LogP contribution in [0.3, 0.4) is 0 Å². The molecule has 0 aliphatic heterocycles. The first kappa shape index (κ1) is 10.9. The zero-order valence-electron chi connectivity index (χ0n) is 7.84. The summed E-state index contributed by atoms with van der Waals surface area (Å²) in [6.45, 7) is 3.45. The first-order valence-electron chi connectivity index (χ1n) is 4.02. The van der Waals surface area contributed by atoms with Crippen molar-refractivity contribution in [1.29, 1.82) is 0 Å². The van der Waals surface area contributed by atoms with Crippen LogP contribution in [0.15, 0.2) is 23.2 Å². The van der Waals surface area contributed by atoms with Crippen molar-refractivity contribution in [2.75, 3.05) is 0 Å². The predicted molar refractivity (Wildman–Crippen MR) is 52.6 cm³/mol. The Morgan fingerprint density at radius 1 is 1.50 bits per heavy atom. The number of hydrogen-bond donors (Lipinski definition) is 0. The van der Waals surface area contributed by atoms with Crippen LogP contribution in [0.2, 0.25) is 5.02 Å². The minimum absolute atomic E-state index is 0.0247. The average molecular weight is 214 g/mol. The third-order valence-corrected chi connectivity index (χ3v) is 2.24. The molecule has 0 fully saturated rings. The van der Waals surface area contributed by atoms with Gasteiger partial charge >= 0.3 is 0 Å². The Morgan fingerprint density at radius 3 is 2.64 bits per heavy atom. The van der Waals surface area contributed by atoms with Crippen LogP contribution in [0.1, 0.15) is 19.4 Å². The van der Waals surface area contributed by atoms with Crippen molar-refractivity contribution < 1.29 is 9.18 Å². The molecule has 1 aromatic rings. The van der Waals surface area contributed by atoms with Crippen LogP contribution in [-0.2, 0) is 10.3 Å². The largest absolute Gasteiger partial charge is 0.235 e. The van der Waals surface area contributed by atoms with Gasteiger partial charge in [-0.05, 0) is 31.5 Å². The smallest absolute Gasteiger partial charge is 0.211 e. The molecule has 0 spiro atoms. The molecule has 74 valence electrons. The van der Waals surface area contributed by atoms with Gasteiger partial charge in [-0.2, -0.15) is 4.99 Å². The van der Waals surface area contributed by atoms with E-state index < -0.39 is 11.4 Å². The van der Waals surface area contributed by atoms with Crippen LogP contribution in [0.25, 0.3) is 0 Å². The van der Waals surface area contributed by atoms with E-state index in [-0.39, 0.29) is 5.02 Å². The van der Waals surface area contributed by atoms with Crippen LogP contribution >= 0.6 is 11.6 Å². The highest BCUT2D eigenvalue weighted by Gasteiger charge is 2.20. The highest BCUT2D eigenvalue weighted by atomic mass is 35.5. The number of aliphatic imine (C=N–C) groups is 1. The Bertz CT molecular complexity index is 397. The van der Waals surface area contributed by atoms with Crippen LogP contribution in [0.4, 0.5) is 4.39 Å². The molecule has 0 aliphatic rings. The number of hydrogen-bond acceptors (Lipinski definition) is 2. The quantitative estimate of drug-likeness (QED) is 0.549. The fourth-order valence-electron chi connectivity index (χ4n) is 1.06. The maximum atomic E-state index is 12.8. The van der Waals surface area contributed by atoms with Crippen molar-refractivity contribution in [3.63, 3.8) is 0 Å². The molecule has 0 N–H and O–H groups in total. The number of halogens is 2. The van der Waals surface area contributed by atoms with Gasteiger partial charge in [0, 0.05) is 0 Å². The fourth-order valence-corrected chi connectivity index (χ4v) is 1.24. The zero-order valence-corrected chi connectivity index (χ0v) is 8.60. The lowest BCUT2D eigenvalue weighted by Gasteiger charge is -2.17. The molecule has 0 heterocycles. The highest BCUT2D eigenvalue weighted by molar-refractivity contribution is 6.30. The molecule has 0 bridgehead atoms. The van der Waals surface area contributed by atoms with Gasteiger partial charge in [0.15, 0.2) is 0 Å². The van der Waals surface area contributed by atoms with Gasteiger partial charge in [-0.3, -0.25) is 0 Å². The molecule has 4 heteroatoms. The summed E-state index contributed by atoms with van der Waals surface area (Å²) < 4.78 is 12.8. The summed E-state index contributed by atoms with van der Waals surface area (Å²) in [4.78, 5) is 13.8. The molecule has 0 radical (unpaired) electrons. The minimum atomic E-state index is -0.723. The third kappa shape index (κ3) is 2.19. The van der Waals surface area contributed by atoms with Crippen LogP contribution < -0.4 is 0 Å². The van der Waals surface area contributed by atoms with Crippen molar-refractivity contribution in [2.24, 2.45) is 4.99 Å². The molecule has 2 nitrogen and oxygen atoms in total. The summed E-state index contributed by atoms with van der Waals surface area (Å²) in [6, 6.07) is 4.25. The van der Waals surface area contributed by atoms with Gasteiger partial charge in [0.1, 0.15) is 5.82 Å². The topological polar surface area (TPSA) is 29.4 Å². The molecule has 0 aliphatic carbocycles. The van der Waals surface area contributed by atoms with Gasteiger partial charge in [0.25, 0.3) is 0 Å². The van der Waals surface area contributed by atoms with Crippen molar-refractivity contribution >= 4 is 17.7 Å². The predicted octanol–water partition coefficient (Wildman–Crippen LogP) is 3.05. The summed E-state index contributed by atoms with van der Waals surface area (Å²) in [5, 5.41) is 0.0247. The minimum Gasteiger partial charge on any atom is -0.211 e. The number of nitrogens with zero attached hydrogens (tertiary/aromatic N) is 1. The third-order valence-electron chi connectivity index (χ3n) is 1.95. The second-order valence-electron chi connectivity index (χ2n) is 3.39. The second-order valence-corrected chi connectivity index (χ2v) is 3.80. The SMILES string of the molecule is CC(C)(N=C=O)c1ccc(F)c(Cl)c1. The zero-order chi connectivity index (χ0) is 10.8. The van der Waals surface area contributed by atoms with Gasteiger partial charge in [-0.1, -0.05) is 17.7 Å². The highest BCUT2D eigenvalue weighted by Crippen LogP contribution is 2.27. The summed E-state index contributed by atoms with van der Waals surface area (Å²) in [6.07, 6.45) is 1.48. The van der Waals surface area contributed by atoms with E-state index in [4.69, 9.17) is 11.6 Å². The maximum absolute atomic E-state index is 12.8. The van der Waals surface area contributed by atoms with Crippen LogP contribution in [0, 0.1) is 5.82 Å². The Balaban J connectivity index is 3.20. The molecule has 1 aromatic carbocycles. The van der Waals surface area contributed by atoms with Gasteiger partial charge in [-0.15, -0.1) is 0 Å². The Labute approximate surface area is 86.4 Å². The van der Waals surface area contributed by atoms with Crippen molar-refractivity contribution in [3.05, 3.63) is 34.6 Å². The van der Waals surface area contributed by atoms with Gasteiger partial charge in [0.2, 0.25) is 6.08 Å². The number of rotatable bonds is 2. The standard InChI is InChI=1S/C10H9ClFNO/c1-10(2,13-6-14)7-3-4-9(12)8(11)5-7/h3-5H,1-2H3. The maximum Gasteiger partial charge on any atom is 0.235 e. The van der Waals surface area contributed by atoms with E-state index in [1.165, 1.54) is 18.2 Å². The monoisotopic (exact) mass is 213 g/mol. The van der Waals surface area contributed by atoms with E-state index in [0.29, 0.717) is 5.56 Å². The number of isocyanates is 1. The van der Waals surface area contributed by atoms with E-state index in [0.717, 1.165) is 0 Å². The van der Waals surface area contributed by atoms with Gasteiger partial charge < -0.3 is 0 Å². The lowest BCUT2D eigenvalue weighted by molar-refractivity contribution is 0.521. The summed E-state index contributed by atoms with van der Waals surface area (Å²) in [5.74, 6) is -0.485. The van der Waals surface area contributed by atoms with Crippen molar-refractivity contribution in [3.8, 4) is 0 Å². The molecule has 0 saturated heterocycles. The van der Waals surface area contributed by atoms with Gasteiger partial charge in [0.05, 0.1) is 10.6 Å². The van der Waals surface area contributed by atoms with Crippen molar-refractivity contribution in [2.45, 2.75) is 19.4 Å². The summed E-state index contributed by atoms with van der Waals surface area (Å²) >= 11 is 5.60. The molecule has 14 heavy (non-hydrogen) atoms. The molecule has 0 aromatic heterocycles. The lowest BCUT2D eigenvalue weighted by atomic mass is 9.95.